The molecule has 2 aromatic carbocycles. The van der Waals surface area contributed by atoms with E-state index in [-0.39, 0.29) is 17.6 Å². The third-order valence-electron chi connectivity index (χ3n) is 5.13. The van der Waals surface area contributed by atoms with Gasteiger partial charge in [-0.2, -0.15) is 0 Å². The van der Waals surface area contributed by atoms with Crippen LogP contribution in [0, 0.1) is 10.1 Å². The number of hydrogen-bond acceptors (Lipinski definition) is 5. The van der Waals surface area contributed by atoms with Crippen LogP contribution in [0.2, 0.25) is 0 Å². The van der Waals surface area contributed by atoms with Crippen molar-refractivity contribution in [2.75, 3.05) is 19.1 Å². The lowest BCUT2D eigenvalue weighted by Crippen LogP contribution is -2.42. The molecule has 0 heterocycles. The number of anilines is 1. The second-order valence-corrected chi connectivity index (χ2v) is 6.78. The molecule has 148 valence electrons. The molecule has 0 bridgehead atoms. The number of nitrogens with zero attached hydrogens (tertiary/aromatic N) is 2. The Kier molecular flexibility index (Phi) is 6.13. The minimum Gasteiger partial charge on any atom is -0.493 e. The van der Waals surface area contributed by atoms with E-state index in [2.05, 4.69) is 0 Å². The Morgan fingerprint density at radius 3 is 2.36 bits per heavy atom. The summed E-state index contributed by atoms with van der Waals surface area (Å²) in [5.41, 5.74) is 0.669. The first kappa shape index (κ1) is 19.7. The van der Waals surface area contributed by atoms with Crippen molar-refractivity contribution >= 4 is 17.3 Å². The highest BCUT2D eigenvalue weighted by Gasteiger charge is 2.32. The number of nitro groups is 1. The minimum atomic E-state index is -0.437. The lowest BCUT2D eigenvalue weighted by molar-refractivity contribution is -0.384. The highest BCUT2D eigenvalue weighted by atomic mass is 16.6. The van der Waals surface area contributed by atoms with Crippen LogP contribution in [0.3, 0.4) is 0 Å². The zero-order valence-corrected chi connectivity index (χ0v) is 16.1. The van der Waals surface area contributed by atoms with Crippen LogP contribution >= 0.6 is 0 Å². The van der Waals surface area contributed by atoms with Crippen molar-refractivity contribution in [3.63, 3.8) is 0 Å². The van der Waals surface area contributed by atoms with E-state index in [4.69, 9.17) is 9.47 Å². The molecule has 1 amide bonds. The molecule has 0 aliphatic heterocycles. The van der Waals surface area contributed by atoms with Crippen molar-refractivity contribution in [1.82, 2.24) is 0 Å². The van der Waals surface area contributed by atoms with E-state index < -0.39 is 4.92 Å². The molecular weight excluding hydrogens is 360 g/mol. The monoisotopic (exact) mass is 384 g/mol. The second kappa shape index (κ2) is 8.73. The van der Waals surface area contributed by atoms with Gasteiger partial charge in [-0.1, -0.05) is 31.4 Å². The number of rotatable bonds is 6. The molecule has 2 aromatic rings. The van der Waals surface area contributed by atoms with E-state index in [0.29, 0.717) is 22.7 Å². The standard InChI is InChI=1S/C21H24N2O5/c1-27-19-13-12-15(14-20(19)28-2)21(24)22(16-8-4-3-5-9-16)17-10-6-7-11-18(17)23(25)26/h6-7,10-14,16H,3-5,8-9H2,1-2H3. The number of amides is 1. The fraction of sp³-hybridized carbons (Fsp3) is 0.381. The summed E-state index contributed by atoms with van der Waals surface area (Å²) in [6.07, 6.45) is 4.77. The van der Waals surface area contributed by atoms with Gasteiger partial charge in [0.25, 0.3) is 11.6 Å². The SMILES string of the molecule is COc1ccc(C(=O)N(c2ccccc2[N+](=O)[O-])C2CCCCC2)cc1OC. The maximum Gasteiger partial charge on any atom is 0.292 e. The van der Waals surface area contributed by atoms with Gasteiger partial charge < -0.3 is 9.47 Å². The van der Waals surface area contributed by atoms with Gasteiger partial charge in [0.05, 0.1) is 19.1 Å². The van der Waals surface area contributed by atoms with Gasteiger partial charge in [-0.25, -0.2) is 0 Å². The van der Waals surface area contributed by atoms with Crippen LogP contribution in [-0.4, -0.2) is 31.1 Å². The number of hydrogen-bond donors (Lipinski definition) is 0. The van der Waals surface area contributed by atoms with Crippen LogP contribution < -0.4 is 14.4 Å². The molecule has 0 radical (unpaired) electrons. The Balaban J connectivity index is 2.07. The maximum atomic E-state index is 13.5. The molecule has 1 saturated carbocycles. The molecule has 0 unspecified atom stereocenters. The first-order valence-electron chi connectivity index (χ1n) is 9.35. The fourth-order valence-corrected chi connectivity index (χ4v) is 3.74. The Hall–Kier alpha value is -3.09. The number of ether oxygens (including phenoxy) is 2. The van der Waals surface area contributed by atoms with Crippen LogP contribution in [0.25, 0.3) is 0 Å². The number of methoxy groups -OCH3 is 2. The Morgan fingerprint density at radius 1 is 1.04 bits per heavy atom. The number of carbonyl (C=O) groups is 1. The summed E-state index contributed by atoms with van der Waals surface area (Å²) in [6, 6.07) is 11.3. The molecule has 0 spiro atoms. The number of para-hydroxylation sites is 2. The molecule has 1 fully saturated rings. The fourth-order valence-electron chi connectivity index (χ4n) is 3.74. The van der Waals surface area contributed by atoms with Gasteiger partial charge in [0.1, 0.15) is 5.69 Å². The smallest absolute Gasteiger partial charge is 0.292 e. The van der Waals surface area contributed by atoms with Gasteiger partial charge in [-0.3, -0.25) is 19.8 Å². The van der Waals surface area contributed by atoms with E-state index >= 15 is 0 Å². The minimum absolute atomic E-state index is 0.0677. The Morgan fingerprint density at radius 2 is 1.71 bits per heavy atom. The van der Waals surface area contributed by atoms with E-state index in [9.17, 15) is 14.9 Å². The summed E-state index contributed by atoms with van der Waals surface area (Å²) < 4.78 is 10.6. The first-order chi connectivity index (χ1) is 13.6. The maximum absolute atomic E-state index is 13.5. The van der Waals surface area contributed by atoms with Gasteiger partial charge in [-0.15, -0.1) is 0 Å². The summed E-state index contributed by atoms with van der Waals surface area (Å²) in [5, 5.41) is 11.6. The predicted octanol–water partition coefficient (Wildman–Crippen LogP) is 4.59. The average molecular weight is 384 g/mol. The zero-order valence-electron chi connectivity index (χ0n) is 16.1. The summed E-state index contributed by atoms with van der Waals surface area (Å²) in [6.45, 7) is 0. The predicted molar refractivity (Wildman–Crippen MR) is 106 cm³/mol. The summed E-state index contributed by atoms with van der Waals surface area (Å²) in [7, 11) is 3.04. The van der Waals surface area contributed by atoms with Crippen molar-refractivity contribution in [3.8, 4) is 11.5 Å². The van der Waals surface area contributed by atoms with E-state index in [0.717, 1.165) is 32.1 Å². The van der Waals surface area contributed by atoms with Crippen LogP contribution in [0.1, 0.15) is 42.5 Å². The van der Waals surface area contributed by atoms with Crippen molar-refractivity contribution in [1.29, 1.82) is 0 Å². The molecule has 0 saturated heterocycles. The van der Waals surface area contributed by atoms with Crippen LogP contribution in [-0.2, 0) is 0 Å². The topological polar surface area (TPSA) is 81.9 Å². The van der Waals surface area contributed by atoms with Gasteiger partial charge in [0, 0.05) is 17.7 Å². The molecule has 1 aliphatic carbocycles. The zero-order chi connectivity index (χ0) is 20.1. The average Bonchev–Trinajstić information content (AvgIpc) is 2.74. The number of nitro benzene ring substituents is 1. The molecule has 3 rings (SSSR count). The quantitative estimate of drug-likeness (QED) is 0.537. The third kappa shape index (κ3) is 3.93. The summed E-state index contributed by atoms with van der Waals surface area (Å²) in [4.78, 5) is 26.2. The van der Waals surface area contributed by atoms with Gasteiger partial charge >= 0.3 is 0 Å². The second-order valence-electron chi connectivity index (χ2n) is 6.78. The highest BCUT2D eigenvalue weighted by Crippen LogP contribution is 2.36. The molecule has 28 heavy (non-hydrogen) atoms. The first-order valence-corrected chi connectivity index (χ1v) is 9.35. The van der Waals surface area contributed by atoms with Gasteiger partial charge in [0.2, 0.25) is 0 Å². The van der Waals surface area contributed by atoms with E-state index in [1.165, 1.54) is 20.3 Å². The van der Waals surface area contributed by atoms with Crippen LogP contribution in [0.5, 0.6) is 11.5 Å². The molecular formula is C21H24N2O5. The molecule has 0 aromatic heterocycles. The third-order valence-corrected chi connectivity index (χ3v) is 5.13. The van der Waals surface area contributed by atoms with Crippen LogP contribution in [0.4, 0.5) is 11.4 Å². The summed E-state index contributed by atoms with van der Waals surface area (Å²) in [5.74, 6) is 0.690. The molecule has 7 heteroatoms. The van der Waals surface area contributed by atoms with Gasteiger partial charge in [0.15, 0.2) is 11.5 Å². The van der Waals surface area contributed by atoms with Crippen molar-refractivity contribution in [2.45, 2.75) is 38.1 Å². The van der Waals surface area contributed by atoms with E-state index in [1.54, 1.807) is 41.3 Å². The van der Waals surface area contributed by atoms with Crippen molar-refractivity contribution in [3.05, 3.63) is 58.1 Å². The normalized spacial score (nSPS) is 14.4. The molecule has 0 N–H and O–H groups in total. The highest BCUT2D eigenvalue weighted by molar-refractivity contribution is 6.08. The Bertz CT molecular complexity index is 862. The van der Waals surface area contributed by atoms with E-state index in [1.807, 2.05) is 0 Å². The van der Waals surface area contributed by atoms with Crippen molar-refractivity contribution in [2.24, 2.45) is 0 Å². The number of carbonyl (C=O) groups excluding carboxylic acids is 1. The molecule has 0 atom stereocenters. The number of benzene rings is 2. The Labute approximate surface area is 164 Å². The largest absolute Gasteiger partial charge is 0.493 e. The lowest BCUT2D eigenvalue weighted by atomic mass is 9.93. The van der Waals surface area contributed by atoms with Gasteiger partial charge in [-0.05, 0) is 37.1 Å². The van der Waals surface area contributed by atoms with Crippen molar-refractivity contribution < 1.29 is 19.2 Å². The van der Waals surface area contributed by atoms with Crippen LogP contribution in [0.15, 0.2) is 42.5 Å². The summed E-state index contributed by atoms with van der Waals surface area (Å²) >= 11 is 0. The molecule has 1 aliphatic rings. The molecule has 7 nitrogen and oxygen atoms in total. The lowest BCUT2D eigenvalue weighted by Gasteiger charge is -2.34.